The fraction of sp³-hybridized carbons (Fsp3) is 0.611. The van der Waals surface area contributed by atoms with Crippen molar-refractivity contribution < 1.29 is 4.79 Å². The number of halogens is 1. The minimum atomic E-state index is -0.0519. The third-order valence-electron chi connectivity index (χ3n) is 4.49. The number of nitrogens with zero attached hydrogens (tertiary/aromatic N) is 3. The lowest BCUT2D eigenvalue weighted by Gasteiger charge is -2.44. The van der Waals surface area contributed by atoms with Gasteiger partial charge in [0.2, 0.25) is 0 Å². The van der Waals surface area contributed by atoms with Crippen LogP contribution in [0, 0.1) is 0 Å². The van der Waals surface area contributed by atoms with E-state index in [4.69, 9.17) is 11.6 Å². The summed E-state index contributed by atoms with van der Waals surface area (Å²) in [5.41, 5.74) is 0.737. The van der Waals surface area contributed by atoms with Crippen LogP contribution in [0.1, 0.15) is 20.3 Å². The maximum atomic E-state index is 12.5. The smallest absolute Gasteiger partial charge is 0.321 e. The van der Waals surface area contributed by atoms with Gasteiger partial charge in [-0.05, 0) is 59.1 Å². The van der Waals surface area contributed by atoms with Crippen molar-refractivity contribution >= 4 is 23.3 Å². The van der Waals surface area contributed by atoms with Gasteiger partial charge < -0.3 is 15.1 Å². The lowest BCUT2D eigenvalue weighted by Crippen LogP contribution is -2.59. The summed E-state index contributed by atoms with van der Waals surface area (Å²) in [4.78, 5) is 19.1. The van der Waals surface area contributed by atoms with Crippen LogP contribution in [-0.4, -0.2) is 73.1 Å². The van der Waals surface area contributed by atoms with Crippen molar-refractivity contribution in [2.45, 2.75) is 32.4 Å². The van der Waals surface area contributed by atoms with Gasteiger partial charge in [0, 0.05) is 42.4 Å². The number of carbonyl (C=O) groups excluding carboxylic acids is 1. The van der Waals surface area contributed by atoms with Crippen LogP contribution >= 0.6 is 11.6 Å². The van der Waals surface area contributed by atoms with Crippen LogP contribution in [0.2, 0.25) is 5.02 Å². The molecule has 1 N–H and O–H groups in total. The Bertz CT molecular complexity index is 540. The second kappa shape index (κ2) is 8.70. The van der Waals surface area contributed by atoms with Crippen molar-refractivity contribution in [2.24, 2.45) is 0 Å². The summed E-state index contributed by atoms with van der Waals surface area (Å²) < 4.78 is 0. The molecule has 6 heteroatoms. The van der Waals surface area contributed by atoms with Crippen LogP contribution in [0.5, 0.6) is 0 Å². The summed E-state index contributed by atoms with van der Waals surface area (Å²) in [6, 6.07) is 7.93. The highest BCUT2D eigenvalue weighted by atomic mass is 35.5. The third kappa shape index (κ3) is 5.36. The molecule has 1 aromatic rings. The average molecular weight is 353 g/mol. The summed E-state index contributed by atoms with van der Waals surface area (Å²) in [7, 11) is 4.20. The average Bonchev–Trinajstić information content (AvgIpc) is 2.49. The van der Waals surface area contributed by atoms with E-state index in [-0.39, 0.29) is 6.03 Å². The molecular weight excluding hydrogens is 324 g/mol. The Morgan fingerprint density at radius 3 is 2.54 bits per heavy atom. The van der Waals surface area contributed by atoms with Crippen LogP contribution in [-0.2, 0) is 0 Å². The van der Waals surface area contributed by atoms with E-state index in [1.54, 1.807) is 12.1 Å². The Balaban J connectivity index is 1.89. The molecule has 1 heterocycles. The van der Waals surface area contributed by atoms with Crippen LogP contribution in [0.3, 0.4) is 0 Å². The molecule has 0 radical (unpaired) electrons. The zero-order valence-corrected chi connectivity index (χ0v) is 15.9. The van der Waals surface area contributed by atoms with Crippen LogP contribution < -0.4 is 5.32 Å². The molecule has 2 unspecified atom stereocenters. The molecule has 0 aliphatic carbocycles. The first-order valence-electron chi connectivity index (χ1n) is 8.59. The minimum absolute atomic E-state index is 0.0519. The maximum absolute atomic E-state index is 12.5. The molecule has 1 fully saturated rings. The molecule has 0 bridgehead atoms. The molecule has 5 nitrogen and oxygen atoms in total. The first-order chi connectivity index (χ1) is 11.4. The number of amides is 2. The molecule has 2 atom stereocenters. The minimum Gasteiger partial charge on any atom is -0.321 e. The topological polar surface area (TPSA) is 38.8 Å². The van der Waals surface area contributed by atoms with E-state index in [1.807, 2.05) is 17.0 Å². The highest BCUT2D eigenvalue weighted by Crippen LogP contribution is 2.19. The summed E-state index contributed by atoms with van der Waals surface area (Å²) in [5, 5.41) is 3.57. The first kappa shape index (κ1) is 19.0. The molecule has 1 aromatic carbocycles. The summed E-state index contributed by atoms with van der Waals surface area (Å²) >= 11 is 5.98. The Morgan fingerprint density at radius 2 is 1.96 bits per heavy atom. The summed E-state index contributed by atoms with van der Waals surface area (Å²) in [5.74, 6) is 0. The monoisotopic (exact) mass is 352 g/mol. The molecule has 0 saturated carbocycles. The maximum Gasteiger partial charge on any atom is 0.321 e. The van der Waals surface area contributed by atoms with E-state index in [0.717, 1.165) is 38.3 Å². The zero-order chi connectivity index (χ0) is 17.7. The number of carbonyl (C=O) groups is 1. The van der Waals surface area contributed by atoms with E-state index in [1.165, 1.54) is 0 Å². The van der Waals surface area contributed by atoms with Crippen molar-refractivity contribution in [3.8, 4) is 0 Å². The van der Waals surface area contributed by atoms with Gasteiger partial charge in [-0.2, -0.15) is 0 Å². The van der Waals surface area contributed by atoms with Gasteiger partial charge in [0.05, 0.1) is 0 Å². The van der Waals surface area contributed by atoms with E-state index >= 15 is 0 Å². The Labute approximate surface area is 150 Å². The summed E-state index contributed by atoms with van der Waals surface area (Å²) in [6.07, 6.45) is 1.15. The molecule has 134 valence electrons. The first-order valence-corrected chi connectivity index (χ1v) is 8.96. The second-order valence-electron chi connectivity index (χ2n) is 6.94. The normalized spacial score (nSPS) is 22.0. The van der Waals surface area contributed by atoms with Crippen molar-refractivity contribution in [1.29, 1.82) is 0 Å². The molecule has 24 heavy (non-hydrogen) atoms. The molecule has 2 rings (SSSR count). The van der Waals surface area contributed by atoms with Gasteiger partial charge in [0.25, 0.3) is 0 Å². The number of anilines is 1. The fourth-order valence-electron chi connectivity index (χ4n) is 3.30. The molecule has 2 amide bonds. The Hall–Kier alpha value is -1.30. The third-order valence-corrected chi connectivity index (χ3v) is 4.72. The van der Waals surface area contributed by atoms with Gasteiger partial charge in [-0.1, -0.05) is 17.7 Å². The van der Waals surface area contributed by atoms with E-state index in [9.17, 15) is 4.79 Å². The highest BCUT2D eigenvalue weighted by Gasteiger charge is 2.31. The molecule has 0 spiro atoms. The van der Waals surface area contributed by atoms with Crippen molar-refractivity contribution in [1.82, 2.24) is 14.7 Å². The lowest BCUT2D eigenvalue weighted by molar-refractivity contribution is 0.0565. The molecule has 1 saturated heterocycles. The number of rotatable bonds is 5. The van der Waals surface area contributed by atoms with E-state index in [0.29, 0.717) is 17.1 Å². The standard InChI is InChI=1S/C18H29ClN4O/c1-14-12-22(13-15(2)23(14)10-6-9-21(3)4)18(24)20-17-8-5-7-16(19)11-17/h5,7-8,11,14-15H,6,9-10,12-13H2,1-4H3,(H,20,24). The molecule has 0 aromatic heterocycles. The van der Waals surface area contributed by atoms with E-state index in [2.05, 4.69) is 43.1 Å². The predicted octanol–water partition coefficient (Wildman–Crippen LogP) is 3.22. The molecule has 1 aliphatic rings. The van der Waals surface area contributed by atoms with Gasteiger partial charge in [0.1, 0.15) is 0 Å². The zero-order valence-electron chi connectivity index (χ0n) is 15.1. The lowest BCUT2D eigenvalue weighted by atomic mass is 10.1. The second-order valence-corrected chi connectivity index (χ2v) is 7.37. The SMILES string of the molecule is CC1CN(C(=O)Nc2cccc(Cl)c2)CC(C)N1CCCN(C)C. The van der Waals surface area contributed by atoms with Crippen LogP contribution in [0.25, 0.3) is 0 Å². The summed E-state index contributed by atoms with van der Waals surface area (Å²) in [6.45, 7) is 8.06. The number of nitrogens with one attached hydrogen (secondary N) is 1. The van der Waals surface area contributed by atoms with Gasteiger partial charge in [-0.15, -0.1) is 0 Å². The Kier molecular flexibility index (Phi) is 6.90. The van der Waals surface area contributed by atoms with Gasteiger partial charge in [0.15, 0.2) is 0 Å². The Morgan fingerprint density at radius 1 is 1.29 bits per heavy atom. The molecular formula is C18H29ClN4O. The van der Waals surface area contributed by atoms with Crippen LogP contribution in [0.15, 0.2) is 24.3 Å². The van der Waals surface area contributed by atoms with Crippen molar-refractivity contribution in [3.05, 3.63) is 29.3 Å². The number of urea groups is 1. The van der Waals surface area contributed by atoms with Crippen LogP contribution in [0.4, 0.5) is 10.5 Å². The quantitative estimate of drug-likeness (QED) is 0.884. The fourth-order valence-corrected chi connectivity index (χ4v) is 3.49. The number of benzene rings is 1. The van der Waals surface area contributed by atoms with Gasteiger partial charge in [-0.3, -0.25) is 4.90 Å². The van der Waals surface area contributed by atoms with Gasteiger partial charge in [-0.25, -0.2) is 4.79 Å². The molecule has 1 aliphatic heterocycles. The largest absolute Gasteiger partial charge is 0.321 e. The number of hydrogen-bond donors (Lipinski definition) is 1. The van der Waals surface area contributed by atoms with Crippen molar-refractivity contribution in [3.63, 3.8) is 0 Å². The predicted molar refractivity (Wildman–Crippen MR) is 101 cm³/mol. The van der Waals surface area contributed by atoms with E-state index < -0.39 is 0 Å². The van der Waals surface area contributed by atoms with Crippen molar-refractivity contribution in [2.75, 3.05) is 45.6 Å². The van der Waals surface area contributed by atoms with Gasteiger partial charge >= 0.3 is 6.03 Å². The highest BCUT2D eigenvalue weighted by molar-refractivity contribution is 6.30. The number of hydrogen-bond acceptors (Lipinski definition) is 3. The number of piperazine rings is 1.